The standard InChI is InChI=1S/C32H50ClN5O3/c1-28-10-13-34-30(26-28)31-27-29(11-16-36(31)2)8-9-32(39)35-14-24-40-23-7-15-37-17-19-38(20-18-37)21-25-41-22-6-4-3-5-12-33/h10-11,13,16,26-27H,3-9,12,14-15,17-25H2,1-2H3/p+1. The predicted molar refractivity (Wildman–Crippen MR) is 165 cm³/mol. The molecule has 0 saturated carbocycles. The van der Waals surface area contributed by atoms with Crippen molar-refractivity contribution in [3.05, 3.63) is 47.8 Å². The van der Waals surface area contributed by atoms with Crippen molar-refractivity contribution >= 4 is 17.5 Å². The van der Waals surface area contributed by atoms with Gasteiger partial charge in [-0.3, -0.25) is 9.69 Å². The fourth-order valence-electron chi connectivity index (χ4n) is 4.99. The van der Waals surface area contributed by atoms with E-state index in [0.717, 1.165) is 101 Å². The smallest absolute Gasteiger partial charge is 0.231 e. The minimum Gasteiger partial charge on any atom is -0.380 e. The molecule has 0 atom stereocenters. The van der Waals surface area contributed by atoms with Gasteiger partial charge in [-0.05, 0) is 55.9 Å². The van der Waals surface area contributed by atoms with E-state index in [9.17, 15) is 4.79 Å². The number of unbranched alkanes of at least 4 members (excludes halogenated alkanes) is 3. The third-order valence-corrected chi connectivity index (χ3v) is 7.82. The molecular weight excluding hydrogens is 538 g/mol. The summed E-state index contributed by atoms with van der Waals surface area (Å²) in [5.74, 6) is 0.826. The molecule has 1 amide bonds. The first-order valence-electron chi connectivity index (χ1n) is 15.4. The van der Waals surface area contributed by atoms with Crippen LogP contribution >= 0.6 is 11.6 Å². The van der Waals surface area contributed by atoms with Gasteiger partial charge in [0.1, 0.15) is 12.7 Å². The van der Waals surface area contributed by atoms with Crippen LogP contribution < -0.4 is 9.88 Å². The molecule has 2 aromatic heterocycles. The van der Waals surface area contributed by atoms with Crippen molar-refractivity contribution in [3.63, 3.8) is 0 Å². The van der Waals surface area contributed by atoms with Crippen LogP contribution in [0.4, 0.5) is 0 Å². The van der Waals surface area contributed by atoms with Crippen LogP contribution in [-0.2, 0) is 27.7 Å². The van der Waals surface area contributed by atoms with Crippen molar-refractivity contribution in [2.75, 3.05) is 78.1 Å². The van der Waals surface area contributed by atoms with Crippen molar-refractivity contribution < 1.29 is 18.8 Å². The lowest BCUT2D eigenvalue weighted by atomic mass is 10.1. The van der Waals surface area contributed by atoms with Gasteiger partial charge in [0, 0.05) is 89.7 Å². The van der Waals surface area contributed by atoms with E-state index in [1.54, 1.807) is 0 Å². The highest BCUT2D eigenvalue weighted by Crippen LogP contribution is 2.16. The summed E-state index contributed by atoms with van der Waals surface area (Å²) in [5, 5.41) is 2.99. The Labute approximate surface area is 252 Å². The van der Waals surface area contributed by atoms with Gasteiger partial charge in [0.05, 0.1) is 13.2 Å². The maximum atomic E-state index is 12.3. The van der Waals surface area contributed by atoms with Gasteiger partial charge in [0.25, 0.3) is 0 Å². The highest BCUT2D eigenvalue weighted by Gasteiger charge is 2.16. The Morgan fingerprint density at radius 3 is 2.46 bits per heavy atom. The second-order valence-corrected chi connectivity index (χ2v) is 11.3. The van der Waals surface area contributed by atoms with E-state index < -0.39 is 0 Å². The highest BCUT2D eigenvalue weighted by molar-refractivity contribution is 6.17. The zero-order valence-corrected chi connectivity index (χ0v) is 26.0. The number of hydrogen-bond donors (Lipinski definition) is 1. The summed E-state index contributed by atoms with van der Waals surface area (Å²) < 4.78 is 13.6. The number of ether oxygens (including phenoxy) is 2. The molecule has 1 aliphatic rings. The number of carbonyl (C=O) groups excluding carboxylic acids is 1. The SMILES string of the molecule is Cc1ccnc(-c2cc(CCC(=O)NCCOCCCN3CCN(CCOCCCCCCCl)CC3)cc[n+]2C)c1. The van der Waals surface area contributed by atoms with E-state index in [1.807, 2.05) is 25.5 Å². The molecule has 9 heteroatoms. The number of piperazine rings is 1. The van der Waals surface area contributed by atoms with Gasteiger partial charge in [-0.15, -0.1) is 11.6 Å². The third-order valence-electron chi connectivity index (χ3n) is 7.55. The molecule has 0 aliphatic carbocycles. The number of aromatic nitrogens is 2. The average Bonchev–Trinajstić information content (AvgIpc) is 2.98. The van der Waals surface area contributed by atoms with E-state index in [2.05, 4.69) is 49.8 Å². The monoisotopic (exact) mass is 588 g/mol. The third kappa shape index (κ3) is 13.6. The fraction of sp³-hybridized carbons (Fsp3) is 0.656. The summed E-state index contributed by atoms with van der Waals surface area (Å²) in [4.78, 5) is 21.9. The molecule has 1 fully saturated rings. The maximum Gasteiger partial charge on any atom is 0.231 e. The zero-order valence-electron chi connectivity index (χ0n) is 25.3. The Morgan fingerprint density at radius 1 is 0.951 bits per heavy atom. The molecule has 0 radical (unpaired) electrons. The number of carbonyl (C=O) groups is 1. The Balaban J connectivity index is 1.16. The van der Waals surface area contributed by atoms with Gasteiger partial charge in [-0.25, -0.2) is 4.98 Å². The minimum atomic E-state index is 0.0580. The Morgan fingerprint density at radius 2 is 1.68 bits per heavy atom. The van der Waals surface area contributed by atoms with Gasteiger partial charge in [-0.1, -0.05) is 12.8 Å². The largest absolute Gasteiger partial charge is 0.380 e. The lowest BCUT2D eigenvalue weighted by molar-refractivity contribution is -0.660. The zero-order chi connectivity index (χ0) is 29.1. The summed E-state index contributed by atoms with van der Waals surface area (Å²) in [6, 6.07) is 8.27. The first-order valence-corrected chi connectivity index (χ1v) is 15.9. The van der Waals surface area contributed by atoms with Crippen LogP contribution in [0.15, 0.2) is 36.7 Å². The number of halogens is 1. The van der Waals surface area contributed by atoms with Crippen LogP contribution in [0.2, 0.25) is 0 Å². The first-order chi connectivity index (χ1) is 20.0. The molecule has 0 spiro atoms. The summed E-state index contributed by atoms with van der Waals surface area (Å²) in [7, 11) is 2.02. The molecule has 1 saturated heterocycles. The van der Waals surface area contributed by atoms with Gasteiger partial charge in [0.15, 0.2) is 6.20 Å². The molecule has 0 aromatic carbocycles. The van der Waals surface area contributed by atoms with E-state index in [-0.39, 0.29) is 5.91 Å². The van der Waals surface area contributed by atoms with Crippen LogP contribution in [0.3, 0.4) is 0 Å². The van der Waals surface area contributed by atoms with E-state index in [1.165, 1.54) is 18.4 Å². The summed E-state index contributed by atoms with van der Waals surface area (Å²) in [6.45, 7) is 12.1. The number of hydrogen-bond acceptors (Lipinski definition) is 6. The Bertz CT molecular complexity index is 1020. The molecule has 0 bridgehead atoms. The number of nitrogens with zero attached hydrogens (tertiary/aromatic N) is 4. The van der Waals surface area contributed by atoms with Crippen LogP contribution in [0.1, 0.15) is 49.7 Å². The lowest BCUT2D eigenvalue weighted by Crippen LogP contribution is -2.47. The molecule has 3 heterocycles. The predicted octanol–water partition coefficient (Wildman–Crippen LogP) is 3.77. The topological polar surface area (TPSA) is 70.8 Å². The van der Waals surface area contributed by atoms with Crippen molar-refractivity contribution in [2.24, 2.45) is 7.05 Å². The van der Waals surface area contributed by atoms with E-state index in [4.69, 9.17) is 21.1 Å². The van der Waals surface area contributed by atoms with Crippen molar-refractivity contribution in [2.45, 2.75) is 51.9 Å². The van der Waals surface area contributed by atoms with Gasteiger partial charge in [-0.2, -0.15) is 4.57 Å². The Hall–Kier alpha value is -2.10. The summed E-state index contributed by atoms with van der Waals surface area (Å²) in [6.07, 6.45) is 10.7. The van der Waals surface area contributed by atoms with Gasteiger partial charge >= 0.3 is 0 Å². The summed E-state index contributed by atoms with van der Waals surface area (Å²) >= 11 is 5.71. The van der Waals surface area contributed by atoms with Crippen LogP contribution in [-0.4, -0.2) is 98.8 Å². The van der Waals surface area contributed by atoms with Crippen molar-refractivity contribution in [3.8, 4) is 11.4 Å². The normalized spacial score (nSPS) is 14.4. The maximum absolute atomic E-state index is 12.3. The number of pyridine rings is 2. The number of rotatable bonds is 20. The second kappa shape index (κ2) is 19.9. The number of nitrogens with one attached hydrogen (secondary N) is 1. The van der Waals surface area contributed by atoms with Crippen LogP contribution in [0.5, 0.6) is 0 Å². The molecule has 0 unspecified atom stereocenters. The summed E-state index contributed by atoms with van der Waals surface area (Å²) in [5.41, 5.74) is 4.30. The average molecular weight is 589 g/mol. The molecular formula is C32H51ClN5O3+. The fourth-order valence-corrected chi connectivity index (χ4v) is 5.17. The second-order valence-electron chi connectivity index (χ2n) is 11.0. The van der Waals surface area contributed by atoms with Gasteiger partial charge < -0.3 is 19.7 Å². The van der Waals surface area contributed by atoms with Crippen molar-refractivity contribution in [1.29, 1.82) is 0 Å². The van der Waals surface area contributed by atoms with Gasteiger partial charge in [0.2, 0.25) is 11.6 Å². The molecule has 3 rings (SSSR count). The van der Waals surface area contributed by atoms with Crippen molar-refractivity contribution in [1.82, 2.24) is 20.1 Å². The van der Waals surface area contributed by atoms with Crippen LogP contribution in [0.25, 0.3) is 11.4 Å². The number of amides is 1. The van der Waals surface area contributed by atoms with E-state index in [0.29, 0.717) is 26.0 Å². The molecule has 228 valence electrons. The molecule has 1 aliphatic heterocycles. The van der Waals surface area contributed by atoms with E-state index >= 15 is 0 Å². The first kappa shape index (κ1) is 33.4. The lowest BCUT2D eigenvalue weighted by Gasteiger charge is -2.34. The quantitative estimate of drug-likeness (QED) is 0.144. The van der Waals surface area contributed by atoms with Crippen LogP contribution in [0, 0.1) is 6.92 Å². The number of alkyl halides is 1. The minimum absolute atomic E-state index is 0.0580. The molecule has 8 nitrogen and oxygen atoms in total. The Kier molecular flexibility index (Phi) is 16.2. The highest BCUT2D eigenvalue weighted by atomic mass is 35.5. The number of aryl methyl sites for hydroxylation is 3. The molecule has 41 heavy (non-hydrogen) atoms. The molecule has 2 aromatic rings. The molecule has 1 N–H and O–H groups in total.